The molecule has 1 heterocycles. The predicted octanol–water partition coefficient (Wildman–Crippen LogP) is 4.28. The SMILES string of the molecule is CC(=O)c1c(OCc2ccccc2)cc2c(c1O)CCC(C)(C)O2. The van der Waals surface area contributed by atoms with Crippen LogP contribution in [0.3, 0.4) is 0 Å². The molecule has 1 aliphatic rings. The summed E-state index contributed by atoms with van der Waals surface area (Å²) in [5.74, 6) is 0.721. The van der Waals surface area contributed by atoms with E-state index in [9.17, 15) is 9.90 Å². The first kappa shape index (κ1) is 16.4. The highest BCUT2D eigenvalue weighted by Gasteiger charge is 2.31. The van der Waals surface area contributed by atoms with Gasteiger partial charge in [0.25, 0.3) is 0 Å². The molecule has 2 aromatic rings. The first-order valence-electron chi connectivity index (χ1n) is 8.13. The molecular weight excluding hydrogens is 304 g/mol. The standard InChI is InChI=1S/C20H22O4/c1-13(21)18-17(23-12-14-7-5-4-6-8-14)11-16-15(19(18)22)9-10-20(2,3)24-16/h4-8,11,22H,9-10,12H2,1-3H3. The van der Waals surface area contributed by atoms with Crippen molar-refractivity contribution in [2.75, 3.05) is 0 Å². The second-order valence-corrected chi connectivity index (χ2v) is 6.77. The Morgan fingerprint density at radius 3 is 2.67 bits per heavy atom. The minimum absolute atomic E-state index is 0.0152. The van der Waals surface area contributed by atoms with Crippen LogP contribution in [0, 0.1) is 0 Å². The van der Waals surface area contributed by atoms with Crippen molar-refractivity contribution in [2.24, 2.45) is 0 Å². The number of fused-ring (bicyclic) bond motifs is 1. The minimum atomic E-state index is -0.298. The van der Waals surface area contributed by atoms with Crippen molar-refractivity contribution in [1.82, 2.24) is 0 Å². The number of benzene rings is 2. The molecule has 126 valence electrons. The molecule has 24 heavy (non-hydrogen) atoms. The van der Waals surface area contributed by atoms with Crippen LogP contribution in [-0.2, 0) is 13.0 Å². The van der Waals surface area contributed by atoms with Gasteiger partial charge in [0, 0.05) is 11.6 Å². The van der Waals surface area contributed by atoms with Crippen LogP contribution in [0.4, 0.5) is 0 Å². The zero-order valence-corrected chi connectivity index (χ0v) is 14.3. The van der Waals surface area contributed by atoms with Crippen LogP contribution in [0.15, 0.2) is 36.4 Å². The van der Waals surface area contributed by atoms with Gasteiger partial charge in [0.1, 0.15) is 35.0 Å². The van der Waals surface area contributed by atoms with E-state index in [-0.39, 0.29) is 22.7 Å². The molecule has 1 aliphatic heterocycles. The Kier molecular flexibility index (Phi) is 4.22. The summed E-state index contributed by atoms with van der Waals surface area (Å²) in [6.45, 7) is 5.78. The average Bonchev–Trinajstić information content (AvgIpc) is 2.52. The third-order valence-electron chi connectivity index (χ3n) is 4.28. The molecule has 0 unspecified atom stereocenters. The van der Waals surface area contributed by atoms with Crippen molar-refractivity contribution in [3.63, 3.8) is 0 Å². The first-order valence-corrected chi connectivity index (χ1v) is 8.13. The molecule has 0 aliphatic carbocycles. The molecule has 1 N–H and O–H groups in total. The number of carbonyl (C=O) groups is 1. The van der Waals surface area contributed by atoms with Crippen LogP contribution >= 0.6 is 0 Å². The Hall–Kier alpha value is -2.49. The van der Waals surface area contributed by atoms with Crippen LogP contribution in [0.5, 0.6) is 17.2 Å². The predicted molar refractivity (Wildman–Crippen MR) is 91.9 cm³/mol. The van der Waals surface area contributed by atoms with Gasteiger partial charge in [0.05, 0.1) is 0 Å². The molecule has 2 aromatic carbocycles. The monoisotopic (exact) mass is 326 g/mol. The maximum atomic E-state index is 12.0. The van der Waals surface area contributed by atoms with Gasteiger partial charge in [-0.1, -0.05) is 30.3 Å². The van der Waals surface area contributed by atoms with Crippen molar-refractivity contribution in [2.45, 2.75) is 45.8 Å². The van der Waals surface area contributed by atoms with E-state index in [1.54, 1.807) is 6.07 Å². The van der Waals surface area contributed by atoms with Gasteiger partial charge in [-0.15, -0.1) is 0 Å². The number of rotatable bonds is 4. The van der Waals surface area contributed by atoms with Gasteiger partial charge in [-0.05, 0) is 39.2 Å². The summed E-state index contributed by atoms with van der Waals surface area (Å²) >= 11 is 0. The van der Waals surface area contributed by atoms with Gasteiger partial charge in [0.2, 0.25) is 0 Å². The summed E-state index contributed by atoms with van der Waals surface area (Å²) < 4.78 is 11.8. The summed E-state index contributed by atoms with van der Waals surface area (Å²) in [5, 5.41) is 10.6. The van der Waals surface area contributed by atoms with Crippen molar-refractivity contribution < 1.29 is 19.4 Å². The molecule has 0 radical (unpaired) electrons. The van der Waals surface area contributed by atoms with E-state index in [2.05, 4.69) is 0 Å². The third kappa shape index (κ3) is 3.23. The molecular formula is C20H22O4. The molecule has 0 saturated carbocycles. The lowest BCUT2D eigenvalue weighted by atomic mass is 9.91. The Labute approximate surface area is 142 Å². The lowest BCUT2D eigenvalue weighted by molar-refractivity contribution is 0.0828. The van der Waals surface area contributed by atoms with Crippen LogP contribution in [0.1, 0.15) is 48.7 Å². The number of hydrogen-bond acceptors (Lipinski definition) is 4. The molecule has 3 rings (SSSR count). The van der Waals surface area contributed by atoms with E-state index < -0.39 is 0 Å². The molecule has 0 bridgehead atoms. The number of aromatic hydroxyl groups is 1. The topological polar surface area (TPSA) is 55.8 Å². The molecule has 0 amide bonds. The fraction of sp³-hybridized carbons (Fsp3) is 0.350. The summed E-state index contributed by atoms with van der Waals surface area (Å²) in [4.78, 5) is 12.0. The molecule has 0 spiro atoms. The quantitative estimate of drug-likeness (QED) is 0.852. The zero-order valence-electron chi connectivity index (χ0n) is 14.3. The van der Waals surface area contributed by atoms with Crippen LogP contribution in [-0.4, -0.2) is 16.5 Å². The molecule has 4 heteroatoms. The second-order valence-electron chi connectivity index (χ2n) is 6.77. The molecule has 0 atom stereocenters. The molecule has 0 saturated heterocycles. The number of phenolic OH excluding ortho intramolecular Hbond substituents is 1. The third-order valence-corrected chi connectivity index (χ3v) is 4.28. The highest BCUT2D eigenvalue weighted by Crippen LogP contribution is 2.44. The Morgan fingerprint density at radius 1 is 1.29 bits per heavy atom. The summed E-state index contributed by atoms with van der Waals surface area (Å²) in [6, 6.07) is 11.4. The van der Waals surface area contributed by atoms with Gasteiger partial charge < -0.3 is 14.6 Å². The van der Waals surface area contributed by atoms with Gasteiger partial charge in [0.15, 0.2) is 5.78 Å². The van der Waals surface area contributed by atoms with E-state index >= 15 is 0 Å². The number of phenols is 1. The van der Waals surface area contributed by atoms with Crippen molar-refractivity contribution >= 4 is 5.78 Å². The Morgan fingerprint density at radius 2 is 2.00 bits per heavy atom. The fourth-order valence-electron chi connectivity index (χ4n) is 2.96. The van der Waals surface area contributed by atoms with Gasteiger partial charge in [-0.25, -0.2) is 0 Å². The largest absolute Gasteiger partial charge is 0.507 e. The van der Waals surface area contributed by atoms with E-state index in [1.165, 1.54) is 6.92 Å². The van der Waals surface area contributed by atoms with E-state index in [1.807, 2.05) is 44.2 Å². The van der Waals surface area contributed by atoms with Gasteiger partial charge >= 0.3 is 0 Å². The zero-order chi connectivity index (χ0) is 17.3. The van der Waals surface area contributed by atoms with Crippen LogP contribution < -0.4 is 9.47 Å². The smallest absolute Gasteiger partial charge is 0.167 e. The number of ether oxygens (including phenoxy) is 2. The van der Waals surface area contributed by atoms with E-state index in [0.717, 1.165) is 12.0 Å². The highest BCUT2D eigenvalue weighted by atomic mass is 16.5. The number of ketones is 1. The van der Waals surface area contributed by atoms with Gasteiger partial charge in [-0.3, -0.25) is 4.79 Å². The normalized spacial score (nSPS) is 15.3. The lowest BCUT2D eigenvalue weighted by Gasteiger charge is -2.33. The highest BCUT2D eigenvalue weighted by molar-refractivity contribution is 6.00. The Balaban J connectivity index is 1.98. The number of carbonyl (C=O) groups excluding carboxylic acids is 1. The van der Waals surface area contributed by atoms with Crippen LogP contribution in [0.2, 0.25) is 0 Å². The molecule has 4 nitrogen and oxygen atoms in total. The summed E-state index contributed by atoms with van der Waals surface area (Å²) in [5.41, 5.74) is 1.61. The fourth-order valence-corrected chi connectivity index (χ4v) is 2.96. The summed E-state index contributed by atoms with van der Waals surface area (Å²) in [7, 11) is 0. The maximum absolute atomic E-state index is 12.0. The van der Waals surface area contributed by atoms with Crippen molar-refractivity contribution in [3.8, 4) is 17.2 Å². The van der Waals surface area contributed by atoms with Crippen LogP contribution in [0.25, 0.3) is 0 Å². The number of hydrogen-bond donors (Lipinski definition) is 1. The second kappa shape index (κ2) is 6.19. The average molecular weight is 326 g/mol. The summed E-state index contributed by atoms with van der Waals surface area (Å²) in [6.07, 6.45) is 1.46. The van der Waals surface area contributed by atoms with Crippen molar-refractivity contribution in [1.29, 1.82) is 0 Å². The van der Waals surface area contributed by atoms with E-state index in [0.29, 0.717) is 30.1 Å². The van der Waals surface area contributed by atoms with E-state index in [4.69, 9.17) is 9.47 Å². The molecule has 0 aromatic heterocycles. The minimum Gasteiger partial charge on any atom is -0.507 e. The Bertz CT molecular complexity index is 763. The maximum Gasteiger partial charge on any atom is 0.167 e. The number of Topliss-reactive ketones (excluding diaryl/α,β-unsaturated/α-hetero) is 1. The van der Waals surface area contributed by atoms with Crippen molar-refractivity contribution in [3.05, 3.63) is 53.1 Å². The lowest BCUT2D eigenvalue weighted by Crippen LogP contribution is -2.32. The van der Waals surface area contributed by atoms with Gasteiger partial charge in [-0.2, -0.15) is 0 Å². The molecule has 0 fully saturated rings. The first-order chi connectivity index (χ1) is 11.4.